The third-order valence-corrected chi connectivity index (χ3v) is 5.96. The van der Waals surface area contributed by atoms with Crippen LogP contribution in [0.1, 0.15) is 18.5 Å². The number of likely N-dealkylation sites (N-methyl/N-ethyl adjacent to an activating group) is 1. The summed E-state index contributed by atoms with van der Waals surface area (Å²) in [7, 11) is 7.92. The van der Waals surface area contributed by atoms with Crippen molar-refractivity contribution in [2.45, 2.75) is 13.0 Å². The Kier molecular flexibility index (Phi) is 5.72. The Hall–Kier alpha value is -2.12. The van der Waals surface area contributed by atoms with E-state index >= 15 is 0 Å². The lowest BCUT2D eigenvalue weighted by Gasteiger charge is -2.43. The summed E-state index contributed by atoms with van der Waals surface area (Å²) in [5.41, 5.74) is 3.89. The second-order valence-electron chi connectivity index (χ2n) is 7.24. The molecule has 27 heavy (non-hydrogen) atoms. The highest BCUT2D eigenvalue weighted by atomic mass is 32.1. The maximum atomic E-state index is 13.4. The molecule has 2 aliphatic heterocycles. The largest absolute Gasteiger partial charge is 0.378 e. The minimum Gasteiger partial charge on any atom is -0.378 e. The van der Waals surface area contributed by atoms with Crippen LogP contribution in [0.15, 0.2) is 35.5 Å². The molecule has 7 heteroatoms. The van der Waals surface area contributed by atoms with Gasteiger partial charge >= 0.3 is 0 Å². The van der Waals surface area contributed by atoms with Gasteiger partial charge in [-0.1, -0.05) is 12.1 Å². The lowest BCUT2D eigenvalue weighted by atomic mass is 9.92. The van der Waals surface area contributed by atoms with Crippen LogP contribution in [0.25, 0.3) is 0 Å². The zero-order valence-corrected chi connectivity index (χ0v) is 17.5. The molecule has 146 valence electrons. The van der Waals surface area contributed by atoms with E-state index in [1.54, 1.807) is 0 Å². The highest BCUT2D eigenvalue weighted by Gasteiger charge is 2.38. The average molecular weight is 389 g/mol. The summed E-state index contributed by atoms with van der Waals surface area (Å²) in [5, 5.41) is 0.715. The molecule has 0 radical (unpaired) electrons. The smallest absolute Gasteiger partial charge is 0.254 e. The lowest BCUT2D eigenvalue weighted by Crippen LogP contribution is -2.50. The van der Waals surface area contributed by atoms with Crippen LogP contribution in [0.2, 0.25) is 0 Å². The quantitative estimate of drug-likeness (QED) is 0.739. The monoisotopic (exact) mass is 388 g/mol. The van der Waals surface area contributed by atoms with Crippen LogP contribution in [0.5, 0.6) is 0 Å². The molecular formula is C20H28N4O2S. The third kappa shape index (κ3) is 3.66. The van der Waals surface area contributed by atoms with Gasteiger partial charge in [0.15, 0.2) is 5.11 Å². The number of rotatable bonds is 3. The molecule has 0 aliphatic carbocycles. The molecule has 0 spiro atoms. The van der Waals surface area contributed by atoms with Gasteiger partial charge < -0.3 is 24.3 Å². The Labute approximate surface area is 167 Å². The van der Waals surface area contributed by atoms with E-state index in [0.717, 1.165) is 22.5 Å². The fraction of sp³-hybridized carbons (Fsp3) is 0.500. The number of thiocarbonyl (C=S) groups is 1. The molecule has 1 amide bonds. The van der Waals surface area contributed by atoms with Crippen molar-refractivity contribution in [3.8, 4) is 0 Å². The Bertz CT molecular complexity index is 754. The molecule has 1 aromatic rings. The van der Waals surface area contributed by atoms with Crippen molar-refractivity contribution in [1.82, 2.24) is 14.7 Å². The summed E-state index contributed by atoms with van der Waals surface area (Å²) in [6, 6.07) is 8.14. The molecule has 1 saturated heterocycles. The van der Waals surface area contributed by atoms with Gasteiger partial charge in [-0.2, -0.15) is 0 Å². The van der Waals surface area contributed by atoms with E-state index in [2.05, 4.69) is 29.2 Å². The SMILES string of the molecule is CC1=C(C(=O)N2CCOCC2)[C@H](c2ccc(N(C)C)cc2)N(C)C(=S)N1C. The van der Waals surface area contributed by atoms with E-state index in [1.807, 2.05) is 49.8 Å². The normalized spacial score (nSPS) is 21.0. The number of amides is 1. The van der Waals surface area contributed by atoms with Gasteiger partial charge in [0.05, 0.1) is 24.8 Å². The Morgan fingerprint density at radius 2 is 1.74 bits per heavy atom. The summed E-state index contributed by atoms with van der Waals surface area (Å²) >= 11 is 5.63. The highest BCUT2D eigenvalue weighted by molar-refractivity contribution is 7.80. The van der Waals surface area contributed by atoms with E-state index < -0.39 is 0 Å². The molecule has 0 saturated carbocycles. The van der Waals surface area contributed by atoms with Crippen LogP contribution < -0.4 is 4.90 Å². The first kappa shape index (κ1) is 19.6. The van der Waals surface area contributed by atoms with Crippen molar-refractivity contribution in [3.05, 3.63) is 41.1 Å². The second kappa shape index (κ2) is 7.86. The number of carbonyl (C=O) groups excluding carboxylic acids is 1. The van der Waals surface area contributed by atoms with E-state index in [0.29, 0.717) is 31.4 Å². The number of ether oxygens (including phenoxy) is 1. The highest BCUT2D eigenvalue weighted by Crippen LogP contribution is 2.37. The van der Waals surface area contributed by atoms with E-state index in [-0.39, 0.29) is 11.9 Å². The number of carbonyl (C=O) groups is 1. The lowest BCUT2D eigenvalue weighted by molar-refractivity contribution is -0.132. The van der Waals surface area contributed by atoms with Crippen LogP contribution in [0.4, 0.5) is 5.69 Å². The summed E-state index contributed by atoms with van der Waals surface area (Å²) in [5.74, 6) is 0.0682. The predicted molar refractivity (Wildman–Crippen MR) is 112 cm³/mol. The molecule has 6 nitrogen and oxygen atoms in total. The fourth-order valence-corrected chi connectivity index (χ4v) is 3.86. The van der Waals surface area contributed by atoms with Gasteiger partial charge in [-0.15, -0.1) is 0 Å². The van der Waals surface area contributed by atoms with Gasteiger partial charge in [-0.05, 0) is 36.8 Å². The minimum absolute atomic E-state index is 0.0682. The first-order valence-electron chi connectivity index (χ1n) is 9.18. The Morgan fingerprint density at radius 3 is 2.30 bits per heavy atom. The van der Waals surface area contributed by atoms with Crippen molar-refractivity contribution in [2.75, 3.05) is 59.4 Å². The number of morpholine rings is 1. The first-order chi connectivity index (χ1) is 12.8. The van der Waals surface area contributed by atoms with Gasteiger partial charge in [0, 0.05) is 52.7 Å². The predicted octanol–water partition coefficient (Wildman–Crippen LogP) is 2.09. The van der Waals surface area contributed by atoms with Crippen LogP contribution in [-0.2, 0) is 9.53 Å². The van der Waals surface area contributed by atoms with Gasteiger partial charge in [0.1, 0.15) is 0 Å². The molecule has 1 aromatic carbocycles. The topological polar surface area (TPSA) is 39.3 Å². The third-order valence-electron chi connectivity index (χ3n) is 5.40. The maximum Gasteiger partial charge on any atom is 0.254 e. The van der Waals surface area contributed by atoms with Crippen molar-refractivity contribution in [3.63, 3.8) is 0 Å². The molecule has 0 unspecified atom stereocenters. The number of benzene rings is 1. The Balaban J connectivity index is 2.04. The molecule has 0 N–H and O–H groups in total. The van der Waals surface area contributed by atoms with Gasteiger partial charge in [-0.3, -0.25) is 4.79 Å². The van der Waals surface area contributed by atoms with E-state index in [9.17, 15) is 4.79 Å². The van der Waals surface area contributed by atoms with Gasteiger partial charge in [0.25, 0.3) is 5.91 Å². The molecule has 1 atom stereocenters. The molecule has 1 fully saturated rings. The standard InChI is InChI=1S/C20H28N4O2S/c1-14-17(19(25)24-10-12-26-13-11-24)18(23(5)20(27)22(14)4)15-6-8-16(9-7-15)21(2)3/h6-9,18H,10-13H2,1-5H3/t18-/m0/s1. The van der Waals surface area contributed by atoms with E-state index in [1.165, 1.54) is 0 Å². The van der Waals surface area contributed by atoms with E-state index in [4.69, 9.17) is 17.0 Å². The van der Waals surface area contributed by atoms with Crippen molar-refractivity contribution in [1.29, 1.82) is 0 Å². The van der Waals surface area contributed by atoms with Crippen LogP contribution >= 0.6 is 12.2 Å². The van der Waals surface area contributed by atoms with Crippen molar-refractivity contribution < 1.29 is 9.53 Å². The number of allylic oxidation sites excluding steroid dienone is 1. The summed E-state index contributed by atoms with van der Waals surface area (Å²) in [4.78, 5) is 21.3. The van der Waals surface area contributed by atoms with Gasteiger partial charge in [0.2, 0.25) is 0 Å². The Morgan fingerprint density at radius 1 is 1.15 bits per heavy atom. The number of anilines is 1. The molecular weight excluding hydrogens is 360 g/mol. The van der Waals surface area contributed by atoms with Crippen molar-refractivity contribution in [2.24, 2.45) is 0 Å². The summed E-state index contributed by atoms with van der Waals surface area (Å²) < 4.78 is 5.41. The molecule has 0 aromatic heterocycles. The van der Waals surface area contributed by atoms with Crippen LogP contribution in [0, 0.1) is 0 Å². The minimum atomic E-state index is -0.194. The zero-order chi connectivity index (χ0) is 19.7. The average Bonchev–Trinajstić information content (AvgIpc) is 2.69. The van der Waals surface area contributed by atoms with Gasteiger partial charge in [-0.25, -0.2) is 0 Å². The molecule has 3 rings (SSSR count). The second-order valence-corrected chi connectivity index (χ2v) is 7.61. The number of nitrogens with zero attached hydrogens (tertiary/aromatic N) is 4. The zero-order valence-electron chi connectivity index (χ0n) is 16.7. The van der Waals surface area contributed by atoms with Crippen molar-refractivity contribution >= 4 is 28.9 Å². The van der Waals surface area contributed by atoms with Crippen LogP contribution in [-0.4, -0.2) is 80.2 Å². The number of hydrogen-bond donors (Lipinski definition) is 0. The van der Waals surface area contributed by atoms with Crippen LogP contribution in [0.3, 0.4) is 0 Å². The summed E-state index contributed by atoms with van der Waals surface area (Å²) in [6.07, 6.45) is 0. The molecule has 2 heterocycles. The maximum absolute atomic E-state index is 13.4. The fourth-order valence-electron chi connectivity index (χ4n) is 3.62. The summed E-state index contributed by atoms with van der Waals surface area (Å²) in [6.45, 7) is 4.41. The molecule has 0 bridgehead atoms. The molecule has 2 aliphatic rings. The number of hydrogen-bond acceptors (Lipinski definition) is 4. The first-order valence-corrected chi connectivity index (χ1v) is 9.59.